The fourth-order valence-electron chi connectivity index (χ4n) is 1.82. The summed E-state index contributed by atoms with van der Waals surface area (Å²) in [6.07, 6.45) is 0. The summed E-state index contributed by atoms with van der Waals surface area (Å²) in [5, 5.41) is 8.62. The molecule has 0 fully saturated rings. The van der Waals surface area contributed by atoms with Gasteiger partial charge in [-0.2, -0.15) is 12.7 Å². The van der Waals surface area contributed by atoms with E-state index in [1.165, 1.54) is 7.05 Å². The van der Waals surface area contributed by atoms with Gasteiger partial charge in [-0.05, 0) is 31.9 Å². The van der Waals surface area contributed by atoms with Crippen LogP contribution >= 0.6 is 0 Å². The summed E-state index contributed by atoms with van der Waals surface area (Å²) in [5.74, 6) is -1.20. The molecule has 0 radical (unpaired) electrons. The molecule has 2 N–H and O–H groups in total. The highest BCUT2D eigenvalue weighted by molar-refractivity contribution is 7.90. The van der Waals surface area contributed by atoms with Crippen molar-refractivity contribution in [3.8, 4) is 0 Å². The predicted octanol–water partition coefficient (Wildman–Crippen LogP) is 1.28. The van der Waals surface area contributed by atoms with Gasteiger partial charge in [0.2, 0.25) is 0 Å². The molecule has 1 aromatic rings. The average Bonchev–Trinajstić information content (AvgIpc) is 2.22. The van der Waals surface area contributed by atoms with Gasteiger partial charge in [0, 0.05) is 7.05 Å². The number of aliphatic carboxylic acids is 1. The molecule has 0 bridgehead atoms. The first-order chi connectivity index (χ1) is 8.63. The average molecular weight is 286 g/mol. The highest BCUT2D eigenvalue weighted by atomic mass is 32.2. The first kappa shape index (κ1) is 15.5. The van der Waals surface area contributed by atoms with E-state index in [1.807, 2.05) is 19.1 Å². The molecule has 1 rings (SSSR count). The van der Waals surface area contributed by atoms with Crippen LogP contribution in [0.2, 0.25) is 0 Å². The molecule has 0 heterocycles. The first-order valence-electron chi connectivity index (χ1n) is 5.67. The lowest BCUT2D eigenvalue weighted by Gasteiger charge is -2.19. The number of nitrogens with zero attached hydrogens (tertiary/aromatic N) is 1. The first-order valence-corrected chi connectivity index (χ1v) is 7.11. The minimum Gasteiger partial charge on any atom is -0.480 e. The highest BCUT2D eigenvalue weighted by Gasteiger charge is 2.21. The zero-order valence-corrected chi connectivity index (χ0v) is 12.2. The van der Waals surface area contributed by atoms with Crippen LogP contribution in [-0.2, 0) is 15.0 Å². The van der Waals surface area contributed by atoms with E-state index in [9.17, 15) is 13.2 Å². The maximum atomic E-state index is 12.0. The monoisotopic (exact) mass is 286 g/mol. The van der Waals surface area contributed by atoms with Crippen molar-refractivity contribution in [2.75, 3.05) is 18.3 Å². The summed E-state index contributed by atoms with van der Waals surface area (Å²) in [7, 11) is -2.65. The van der Waals surface area contributed by atoms with E-state index in [0.29, 0.717) is 5.69 Å². The molecule has 106 valence electrons. The zero-order valence-electron chi connectivity index (χ0n) is 11.4. The van der Waals surface area contributed by atoms with Gasteiger partial charge in [-0.15, -0.1) is 0 Å². The third-order valence-electron chi connectivity index (χ3n) is 2.68. The predicted molar refractivity (Wildman–Crippen MR) is 73.5 cm³/mol. The minimum absolute atomic E-state index is 0.489. The summed E-state index contributed by atoms with van der Waals surface area (Å²) in [6, 6.07) is 3.73. The van der Waals surface area contributed by atoms with Gasteiger partial charge in [0.05, 0.1) is 5.69 Å². The summed E-state index contributed by atoms with van der Waals surface area (Å²) >= 11 is 0. The Hall–Kier alpha value is -1.60. The van der Waals surface area contributed by atoms with Crippen molar-refractivity contribution in [1.82, 2.24) is 4.31 Å². The summed E-state index contributed by atoms with van der Waals surface area (Å²) in [6.45, 7) is 4.94. The Morgan fingerprint density at radius 2 is 1.74 bits per heavy atom. The fourth-order valence-corrected chi connectivity index (χ4v) is 2.84. The second kappa shape index (κ2) is 5.58. The maximum Gasteiger partial charge on any atom is 0.318 e. The second-order valence-electron chi connectivity index (χ2n) is 4.53. The Morgan fingerprint density at radius 1 is 1.26 bits per heavy atom. The Labute approximate surface area is 113 Å². The summed E-state index contributed by atoms with van der Waals surface area (Å²) < 4.78 is 27.1. The lowest BCUT2D eigenvalue weighted by atomic mass is 10.1. The summed E-state index contributed by atoms with van der Waals surface area (Å²) in [5.41, 5.74) is 3.12. The highest BCUT2D eigenvalue weighted by Crippen LogP contribution is 2.23. The van der Waals surface area contributed by atoms with Crippen LogP contribution in [0.25, 0.3) is 0 Å². The van der Waals surface area contributed by atoms with Crippen LogP contribution in [0.3, 0.4) is 0 Å². The topological polar surface area (TPSA) is 86.7 Å². The van der Waals surface area contributed by atoms with Crippen molar-refractivity contribution in [1.29, 1.82) is 0 Å². The number of hydrogen-bond acceptors (Lipinski definition) is 3. The number of likely N-dealkylation sites (N-methyl/N-ethyl adjacent to an activating group) is 1. The van der Waals surface area contributed by atoms with Gasteiger partial charge < -0.3 is 5.11 Å². The number of benzene rings is 1. The van der Waals surface area contributed by atoms with Crippen LogP contribution in [0, 0.1) is 20.8 Å². The molecule has 19 heavy (non-hydrogen) atoms. The minimum atomic E-state index is -3.86. The molecule has 0 unspecified atom stereocenters. The number of anilines is 1. The Balaban J connectivity index is 3.05. The smallest absolute Gasteiger partial charge is 0.318 e. The van der Waals surface area contributed by atoms with Crippen molar-refractivity contribution in [2.24, 2.45) is 0 Å². The number of carboxylic acid groups (broad SMARTS) is 1. The molecule has 0 aliphatic carbocycles. The Kier molecular flexibility index (Phi) is 4.54. The van der Waals surface area contributed by atoms with Gasteiger partial charge >= 0.3 is 16.2 Å². The van der Waals surface area contributed by atoms with Gasteiger partial charge in [-0.25, -0.2) is 0 Å². The molecule has 0 amide bonds. The van der Waals surface area contributed by atoms with E-state index in [1.54, 1.807) is 13.8 Å². The Bertz CT molecular complexity index is 573. The molecular weight excluding hydrogens is 268 g/mol. The number of carboxylic acids is 1. The molecule has 1 aromatic carbocycles. The molecule has 0 spiro atoms. The van der Waals surface area contributed by atoms with Crippen LogP contribution < -0.4 is 4.72 Å². The van der Waals surface area contributed by atoms with Gasteiger partial charge in [-0.3, -0.25) is 9.52 Å². The van der Waals surface area contributed by atoms with Crippen molar-refractivity contribution in [3.05, 3.63) is 28.8 Å². The van der Waals surface area contributed by atoms with E-state index >= 15 is 0 Å². The van der Waals surface area contributed by atoms with Crippen molar-refractivity contribution >= 4 is 21.9 Å². The third kappa shape index (κ3) is 3.93. The van der Waals surface area contributed by atoms with Crippen molar-refractivity contribution < 1.29 is 18.3 Å². The Morgan fingerprint density at radius 3 is 2.16 bits per heavy atom. The number of carbonyl (C=O) groups is 1. The standard InChI is InChI=1S/C12H18N2O4S/c1-8-5-9(2)12(10(3)6-8)13-19(17,18)14(4)7-11(15)16/h5-6,13H,7H2,1-4H3,(H,15,16). The van der Waals surface area contributed by atoms with E-state index in [4.69, 9.17) is 5.11 Å². The van der Waals surface area contributed by atoms with Crippen LogP contribution in [0.15, 0.2) is 12.1 Å². The number of rotatable bonds is 5. The van der Waals surface area contributed by atoms with E-state index in [2.05, 4.69) is 4.72 Å². The van der Waals surface area contributed by atoms with E-state index in [0.717, 1.165) is 21.0 Å². The lowest BCUT2D eigenvalue weighted by molar-refractivity contribution is -0.137. The number of aryl methyl sites for hydroxylation is 3. The van der Waals surface area contributed by atoms with E-state index < -0.39 is 22.7 Å². The lowest BCUT2D eigenvalue weighted by Crippen LogP contribution is -2.36. The van der Waals surface area contributed by atoms with Crippen LogP contribution in [0.4, 0.5) is 5.69 Å². The fraction of sp³-hybridized carbons (Fsp3) is 0.417. The molecule has 0 aliphatic heterocycles. The molecule has 6 nitrogen and oxygen atoms in total. The number of nitrogens with one attached hydrogen (secondary N) is 1. The van der Waals surface area contributed by atoms with Gasteiger partial charge in [-0.1, -0.05) is 17.7 Å². The van der Waals surface area contributed by atoms with E-state index in [-0.39, 0.29) is 0 Å². The molecule has 0 aliphatic rings. The SMILES string of the molecule is Cc1cc(C)c(NS(=O)(=O)N(C)CC(=O)O)c(C)c1. The van der Waals surface area contributed by atoms with Gasteiger partial charge in [0.1, 0.15) is 6.54 Å². The number of hydrogen-bond donors (Lipinski definition) is 2. The quantitative estimate of drug-likeness (QED) is 0.853. The molecule has 0 saturated heterocycles. The molecule has 0 atom stereocenters. The van der Waals surface area contributed by atoms with Crippen molar-refractivity contribution in [2.45, 2.75) is 20.8 Å². The molecule has 0 aromatic heterocycles. The third-order valence-corrected chi connectivity index (χ3v) is 4.09. The largest absolute Gasteiger partial charge is 0.480 e. The van der Waals surface area contributed by atoms with Crippen LogP contribution in [0.5, 0.6) is 0 Å². The van der Waals surface area contributed by atoms with Crippen LogP contribution in [-0.4, -0.2) is 37.4 Å². The molecule has 7 heteroatoms. The molecular formula is C12H18N2O4S. The summed E-state index contributed by atoms with van der Waals surface area (Å²) in [4.78, 5) is 10.6. The zero-order chi connectivity index (χ0) is 14.8. The maximum absolute atomic E-state index is 12.0. The van der Waals surface area contributed by atoms with Crippen molar-refractivity contribution in [3.63, 3.8) is 0 Å². The normalized spacial score (nSPS) is 11.6. The van der Waals surface area contributed by atoms with Gasteiger partial charge in [0.25, 0.3) is 0 Å². The molecule has 0 saturated carbocycles. The van der Waals surface area contributed by atoms with Crippen LogP contribution in [0.1, 0.15) is 16.7 Å². The second-order valence-corrected chi connectivity index (χ2v) is 6.31. The van der Waals surface area contributed by atoms with Gasteiger partial charge in [0.15, 0.2) is 0 Å².